The predicted molar refractivity (Wildman–Crippen MR) is 111 cm³/mol. The van der Waals surface area contributed by atoms with Gasteiger partial charge in [-0.3, -0.25) is 0 Å². The molecule has 1 aromatic heterocycles. The van der Waals surface area contributed by atoms with Gasteiger partial charge in [-0.05, 0) is 69.6 Å². The van der Waals surface area contributed by atoms with Gasteiger partial charge in [0.1, 0.15) is 11.3 Å². The Morgan fingerprint density at radius 1 is 1.17 bits per heavy atom. The van der Waals surface area contributed by atoms with Gasteiger partial charge in [-0.2, -0.15) is 13.2 Å². The van der Waals surface area contributed by atoms with Gasteiger partial charge in [0.15, 0.2) is 0 Å². The van der Waals surface area contributed by atoms with E-state index >= 15 is 0 Å². The molecule has 1 aliphatic rings. The molecule has 4 nitrogen and oxygen atoms in total. The van der Waals surface area contributed by atoms with Gasteiger partial charge in [0.2, 0.25) is 5.88 Å². The van der Waals surface area contributed by atoms with Crippen LogP contribution in [0, 0.1) is 5.92 Å². The van der Waals surface area contributed by atoms with E-state index in [0.29, 0.717) is 29.2 Å². The number of aromatic nitrogens is 1. The predicted octanol–water partition coefficient (Wildman–Crippen LogP) is 5.32. The van der Waals surface area contributed by atoms with Crippen molar-refractivity contribution in [3.8, 4) is 5.88 Å². The van der Waals surface area contributed by atoms with Crippen LogP contribution in [-0.4, -0.2) is 35.6 Å². The van der Waals surface area contributed by atoms with E-state index in [4.69, 9.17) is 22.1 Å². The molecule has 0 bridgehead atoms. The van der Waals surface area contributed by atoms with Gasteiger partial charge in [-0.15, -0.1) is 0 Å². The van der Waals surface area contributed by atoms with E-state index < -0.39 is 17.8 Å². The van der Waals surface area contributed by atoms with Gasteiger partial charge in [0, 0.05) is 18.0 Å². The number of ether oxygens (including phenoxy) is 1. The molecule has 0 amide bonds. The lowest BCUT2D eigenvalue weighted by Gasteiger charge is -2.38. The topological polar surface area (TPSA) is 51.4 Å². The van der Waals surface area contributed by atoms with Gasteiger partial charge in [-0.1, -0.05) is 29.8 Å². The summed E-state index contributed by atoms with van der Waals surface area (Å²) in [5, 5.41) is 0.309. The number of pyridine rings is 1. The summed E-state index contributed by atoms with van der Waals surface area (Å²) < 4.78 is 45.1. The number of nitrogens with two attached hydrogens (primary N) is 1. The van der Waals surface area contributed by atoms with Crippen molar-refractivity contribution in [1.82, 2.24) is 9.88 Å². The van der Waals surface area contributed by atoms with Crippen molar-refractivity contribution in [3.63, 3.8) is 0 Å². The molecule has 3 rings (SSSR count). The van der Waals surface area contributed by atoms with Crippen molar-refractivity contribution >= 4 is 11.6 Å². The molecule has 8 heteroatoms. The highest BCUT2D eigenvalue weighted by atomic mass is 35.5. The zero-order valence-electron chi connectivity index (χ0n) is 16.9. The maximum absolute atomic E-state index is 13.0. The Balaban J connectivity index is 1.80. The van der Waals surface area contributed by atoms with Crippen LogP contribution in [0.25, 0.3) is 0 Å². The third-order valence-electron chi connectivity index (χ3n) is 5.71. The quantitative estimate of drug-likeness (QED) is 0.590. The van der Waals surface area contributed by atoms with Gasteiger partial charge in [-0.25, -0.2) is 4.98 Å². The second-order valence-electron chi connectivity index (χ2n) is 7.76. The van der Waals surface area contributed by atoms with Crippen LogP contribution in [0.5, 0.6) is 5.88 Å². The van der Waals surface area contributed by atoms with Gasteiger partial charge >= 0.3 is 6.18 Å². The van der Waals surface area contributed by atoms with Crippen LogP contribution in [0.15, 0.2) is 42.5 Å². The molecule has 2 N–H and O–H groups in total. The summed E-state index contributed by atoms with van der Waals surface area (Å²) in [7, 11) is 0. The molecule has 1 fully saturated rings. The molecule has 0 aliphatic carbocycles. The van der Waals surface area contributed by atoms with Crippen LogP contribution in [0.4, 0.5) is 13.2 Å². The van der Waals surface area contributed by atoms with Crippen molar-refractivity contribution in [2.75, 3.05) is 19.6 Å². The summed E-state index contributed by atoms with van der Waals surface area (Å²) in [6, 6.07) is 10.7. The summed E-state index contributed by atoms with van der Waals surface area (Å²) in [5.41, 5.74) is 5.72. The van der Waals surface area contributed by atoms with Crippen molar-refractivity contribution in [1.29, 1.82) is 0 Å². The average molecular weight is 442 g/mol. The normalized spacial score (nSPS) is 18.2. The molecule has 1 aliphatic heterocycles. The number of piperidine rings is 1. The van der Waals surface area contributed by atoms with Crippen molar-refractivity contribution in [2.24, 2.45) is 11.7 Å². The highest BCUT2D eigenvalue weighted by Gasteiger charge is 2.33. The van der Waals surface area contributed by atoms with E-state index in [2.05, 4.69) is 16.8 Å². The molecule has 0 saturated carbocycles. The summed E-state index contributed by atoms with van der Waals surface area (Å²) in [6.07, 6.45) is -2.07. The number of likely N-dealkylation sites (tertiary alicyclic amines) is 1. The monoisotopic (exact) mass is 441 g/mol. The van der Waals surface area contributed by atoms with Gasteiger partial charge in [0.05, 0.1) is 5.56 Å². The number of hydrogen-bond acceptors (Lipinski definition) is 4. The van der Waals surface area contributed by atoms with Crippen LogP contribution in [0.3, 0.4) is 0 Å². The zero-order chi connectivity index (χ0) is 21.7. The van der Waals surface area contributed by atoms with E-state index in [1.165, 1.54) is 12.1 Å². The number of nitrogens with zero attached hydrogens (tertiary/aromatic N) is 2. The summed E-state index contributed by atoms with van der Waals surface area (Å²) in [4.78, 5) is 6.60. The molecule has 164 valence electrons. The van der Waals surface area contributed by atoms with Crippen LogP contribution in [0.1, 0.15) is 43.4 Å². The Bertz CT molecular complexity index is 808. The molecule has 2 unspecified atom stereocenters. The van der Waals surface area contributed by atoms with Gasteiger partial charge in [0.25, 0.3) is 0 Å². The van der Waals surface area contributed by atoms with Crippen LogP contribution in [-0.2, 0) is 6.18 Å². The standard InChI is InChI=1S/C22H27ClF3N3O/c1-15(9-12-27)29-13-10-17(11-14-29)21(30-20-4-2-3-19(23)28-20)16-5-7-18(8-6-16)22(24,25)26/h2-8,15,17,21H,9-14,27H2,1H3. The summed E-state index contributed by atoms with van der Waals surface area (Å²) >= 11 is 5.98. The molecule has 0 spiro atoms. The highest BCUT2D eigenvalue weighted by molar-refractivity contribution is 6.29. The number of rotatable bonds is 7. The van der Waals surface area contributed by atoms with Crippen molar-refractivity contribution < 1.29 is 17.9 Å². The second kappa shape index (κ2) is 9.98. The fraction of sp³-hybridized carbons (Fsp3) is 0.500. The van der Waals surface area contributed by atoms with Gasteiger partial charge < -0.3 is 15.4 Å². The minimum absolute atomic E-state index is 0.156. The first-order valence-corrected chi connectivity index (χ1v) is 10.6. The smallest absolute Gasteiger partial charge is 0.416 e. The molecule has 1 saturated heterocycles. The molecule has 2 aromatic rings. The average Bonchev–Trinajstić information content (AvgIpc) is 2.72. The lowest BCUT2D eigenvalue weighted by atomic mass is 9.86. The van der Waals surface area contributed by atoms with E-state index in [9.17, 15) is 13.2 Å². The molecular formula is C22H27ClF3N3O. The van der Waals surface area contributed by atoms with E-state index in [1.807, 2.05) is 0 Å². The van der Waals surface area contributed by atoms with E-state index in [1.54, 1.807) is 18.2 Å². The fourth-order valence-electron chi connectivity index (χ4n) is 3.97. The van der Waals surface area contributed by atoms with Crippen LogP contribution >= 0.6 is 11.6 Å². The maximum Gasteiger partial charge on any atom is 0.416 e. The molecule has 2 heterocycles. The van der Waals surface area contributed by atoms with E-state index in [-0.39, 0.29) is 5.92 Å². The summed E-state index contributed by atoms with van der Waals surface area (Å²) in [6.45, 7) is 4.62. The Kier molecular flexibility index (Phi) is 7.60. The lowest BCUT2D eigenvalue weighted by Crippen LogP contribution is -2.42. The van der Waals surface area contributed by atoms with Crippen molar-refractivity contribution in [2.45, 2.75) is 44.5 Å². The van der Waals surface area contributed by atoms with Crippen LogP contribution < -0.4 is 10.5 Å². The third kappa shape index (κ3) is 5.86. The molecule has 0 radical (unpaired) electrons. The zero-order valence-corrected chi connectivity index (χ0v) is 17.7. The number of benzene rings is 1. The number of hydrogen-bond donors (Lipinski definition) is 1. The Hall–Kier alpha value is -1.83. The Morgan fingerprint density at radius 2 is 1.83 bits per heavy atom. The third-order valence-corrected chi connectivity index (χ3v) is 5.92. The molecule has 30 heavy (non-hydrogen) atoms. The number of alkyl halides is 3. The first-order chi connectivity index (χ1) is 14.3. The first-order valence-electron chi connectivity index (χ1n) is 10.2. The fourth-order valence-corrected chi connectivity index (χ4v) is 4.13. The summed E-state index contributed by atoms with van der Waals surface area (Å²) in [5.74, 6) is 0.523. The lowest BCUT2D eigenvalue weighted by molar-refractivity contribution is -0.137. The maximum atomic E-state index is 13.0. The van der Waals surface area contributed by atoms with E-state index in [0.717, 1.165) is 44.5 Å². The largest absolute Gasteiger partial charge is 0.469 e. The van der Waals surface area contributed by atoms with Crippen molar-refractivity contribution in [3.05, 3.63) is 58.7 Å². The highest BCUT2D eigenvalue weighted by Crippen LogP contribution is 2.37. The Morgan fingerprint density at radius 3 is 2.40 bits per heavy atom. The molecular weight excluding hydrogens is 415 g/mol. The van der Waals surface area contributed by atoms with Crippen LogP contribution in [0.2, 0.25) is 5.15 Å². The minimum atomic E-state index is -4.37. The SMILES string of the molecule is CC(CCN)N1CCC(C(Oc2cccc(Cl)n2)c2ccc(C(F)(F)F)cc2)CC1. The second-order valence-corrected chi connectivity index (χ2v) is 8.14. The minimum Gasteiger partial charge on any atom is -0.469 e. The Labute approximate surface area is 180 Å². The number of halogens is 4. The first kappa shape index (κ1) is 22.8. The molecule has 1 aromatic carbocycles. The molecule has 2 atom stereocenters.